The maximum Gasteiger partial charge on any atom is 0.407 e. The third-order valence-corrected chi connectivity index (χ3v) is 5.71. The Labute approximate surface area is 234 Å². The van der Waals surface area contributed by atoms with Crippen LogP contribution in [0.2, 0.25) is 0 Å². The third kappa shape index (κ3) is 11.8. The van der Waals surface area contributed by atoms with Crippen LogP contribution in [0.15, 0.2) is 54.6 Å². The number of carbonyl (C=O) groups excluding carboxylic acids is 3. The maximum absolute atomic E-state index is 12.9. The second kappa shape index (κ2) is 15.0. The van der Waals surface area contributed by atoms with Crippen LogP contribution < -0.4 is 10.6 Å². The van der Waals surface area contributed by atoms with Crippen molar-refractivity contribution in [3.63, 3.8) is 0 Å². The Balaban J connectivity index is 2.10. The van der Waals surface area contributed by atoms with Gasteiger partial charge < -0.3 is 25.2 Å². The molecule has 2 aromatic carbocycles. The summed E-state index contributed by atoms with van der Waals surface area (Å²) in [4.78, 5) is 48.6. The third-order valence-electron chi connectivity index (χ3n) is 5.71. The van der Waals surface area contributed by atoms with Crippen molar-refractivity contribution in [1.29, 1.82) is 0 Å². The second-order valence-electron chi connectivity index (χ2n) is 11.0. The largest absolute Gasteiger partial charge is 0.459 e. The Bertz CT molecular complexity index is 1130. The molecule has 0 aromatic heterocycles. The van der Waals surface area contributed by atoms with Gasteiger partial charge in [0.15, 0.2) is 0 Å². The number of benzene rings is 2. The molecule has 3 N–H and O–H groups in total. The summed E-state index contributed by atoms with van der Waals surface area (Å²) < 4.78 is 10.7. The van der Waals surface area contributed by atoms with Crippen molar-refractivity contribution in [2.45, 2.75) is 84.3 Å². The average Bonchev–Trinajstić information content (AvgIpc) is 2.86. The van der Waals surface area contributed by atoms with E-state index in [1.807, 2.05) is 44.2 Å². The molecule has 11 nitrogen and oxygen atoms in total. The van der Waals surface area contributed by atoms with Gasteiger partial charge in [0, 0.05) is 12.1 Å². The fourth-order valence-electron chi connectivity index (χ4n) is 3.85. The highest BCUT2D eigenvalue weighted by Gasteiger charge is 2.29. The molecule has 2 amide bonds. The van der Waals surface area contributed by atoms with E-state index >= 15 is 0 Å². The number of aliphatic hydroxyl groups excluding tert-OH is 1. The predicted molar refractivity (Wildman–Crippen MR) is 148 cm³/mol. The number of amides is 2. The van der Waals surface area contributed by atoms with Crippen LogP contribution in [0.5, 0.6) is 0 Å². The molecule has 3 atom stereocenters. The molecule has 0 saturated heterocycles. The summed E-state index contributed by atoms with van der Waals surface area (Å²) in [5, 5.41) is 27.2. The van der Waals surface area contributed by atoms with Gasteiger partial charge in [-0.2, -0.15) is 0 Å². The first kappa shape index (κ1) is 32.2. The van der Waals surface area contributed by atoms with E-state index in [2.05, 4.69) is 10.6 Å². The lowest BCUT2D eigenvalue weighted by molar-refractivity contribution is -0.384. The molecular formula is C29H39N3O8. The molecule has 0 aliphatic rings. The van der Waals surface area contributed by atoms with Crippen LogP contribution in [-0.2, 0) is 32.1 Å². The number of nitro groups is 1. The number of alkyl carbamates (subject to hydrolysis) is 1. The average molecular weight is 558 g/mol. The lowest BCUT2D eigenvalue weighted by Crippen LogP contribution is -2.49. The van der Waals surface area contributed by atoms with Crippen LogP contribution in [0.4, 0.5) is 10.5 Å². The van der Waals surface area contributed by atoms with E-state index in [0.29, 0.717) is 12.0 Å². The first-order valence-corrected chi connectivity index (χ1v) is 13.1. The minimum Gasteiger partial charge on any atom is -0.459 e. The van der Waals surface area contributed by atoms with E-state index < -0.39 is 53.1 Å². The van der Waals surface area contributed by atoms with E-state index in [4.69, 9.17) is 9.47 Å². The maximum atomic E-state index is 12.9. The number of hydrogen-bond acceptors (Lipinski definition) is 8. The molecule has 0 heterocycles. The Kier molecular flexibility index (Phi) is 12.1. The summed E-state index contributed by atoms with van der Waals surface area (Å²) >= 11 is 0. The van der Waals surface area contributed by atoms with Crippen molar-refractivity contribution in [1.82, 2.24) is 10.6 Å². The van der Waals surface area contributed by atoms with Crippen molar-refractivity contribution in [3.8, 4) is 0 Å². The van der Waals surface area contributed by atoms with Crippen molar-refractivity contribution in [2.75, 3.05) is 0 Å². The van der Waals surface area contributed by atoms with E-state index in [0.717, 1.165) is 5.56 Å². The van der Waals surface area contributed by atoms with E-state index in [1.165, 1.54) is 24.3 Å². The summed E-state index contributed by atoms with van der Waals surface area (Å²) in [6.45, 7) is 8.94. The molecule has 0 spiro atoms. The van der Waals surface area contributed by atoms with Gasteiger partial charge in [0.25, 0.3) is 5.69 Å². The standard InChI is InChI=1S/C29H39N3O8/c1-19(2)15-24(27(35)39-18-21-9-7-6-8-10-21)30-26(34)17-25(33)23(31-28(36)40-29(3,4)5)16-20-11-13-22(14-12-20)32(37)38/h6-14,19,23-25,33H,15-18H2,1-5H3,(H,30,34)(H,31,36)/t23-,24-,25-/m0/s1. The minimum atomic E-state index is -1.36. The van der Waals surface area contributed by atoms with E-state index in [1.54, 1.807) is 20.8 Å². The zero-order valence-electron chi connectivity index (χ0n) is 23.6. The highest BCUT2D eigenvalue weighted by atomic mass is 16.6. The van der Waals surface area contributed by atoms with Gasteiger partial charge in [0.1, 0.15) is 18.2 Å². The van der Waals surface area contributed by atoms with Gasteiger partial charge in [0.05, 0.1) is 23.5 Å². The summed E-state index contributed by atoms with van der Waals surface area (Å²) in [7, 11) is 0. The molecular weight excluding hydrogens is 518 g/mol. The summed E-state index contributed by atoms with van der Waals surface area (Å²) in [5.74, 6) is -1.12. The zero-order valence-corrected chi connectivity index (χ0v) is 23.6. The minimum absolute atomic E-state index is 0.0594. The summed E-state index contributed by atoms with van der Waals surface area (Å²) in [6.07, 6.45) is -2.17. The number of esters is 1. The molecule has 0 radical (unpaired) electrons. The number of nitrogens with one attached hydrogen (secondary N) is 2. The van der Waals surface area contributed by atoms with Gasteiger partial charge in [-0.3, -0.25) is 14.9 Å². The molecule has 0 aliphatic carbocycles. The Morgan fingerprint density at radius 2 is 1.60 bits per heavy atom. The first-order valence-electron chi connectivity index (χ1n) is 13.1. The number of carbonyl (C=O) groups is 3. The van der Waals surface area contributed by atoms with Crippen molar-refractivity contribution in [3.05, 3.63) is 75.8 Å². The summed E-state index contributed by atoms with van der Waals surface area (Å²) in [5.41, 5.74) is 0.501. The van der Waals surface area contributed by atoms with E-state index in [-0.39, 0.29) is 24.6 Å². The van der Waals surface area contributed by atoms with Gasteiger partial charge in [-0.05, 0) is 50.7 Å². The molecule has 0 fully saturated rings. The normalized spacial score (nSPS) is 13.6. The number of ether oxygens (including phenoxy) is 2. The lowest BCUT2D eigenvalue weighted by atomic mass is 9.98. The Morgan fingerprint density at radius 3 is 2.15 bits per heavy atom. The number of hydrogen-bond donors (Lipinski definition) is 3. The molecule has 0 saturated carbocycles. The monoisotopic (exact) mass is 557 g/mol. The molecule has 0 unspecified atom stereocenters. The highest BCUT2D eigenvalue weighted by Crippen LogP contribution is 2.16. The van der Waals surface area contributed by atoms with Gasteiger partial charge in [0.2, 0.25) is 5.91 Å². The second-order valence-corrected chi connectivity index (χ2v) is 11.0. The quantitative estimate of drug-likeness (QED) is 0.189. The molecule has 11 heteroatoms. The Hall–Kier alpha value is -3.99. The van der Waals surface area contributed by atoms with Crippen molar-refractivity contribution in [2.24, 2.45) is 5.92 Å². The topological polar surface area (TPSA) is 157 Å². The SMILES string of the molecule is CC(C)C[C@H](NC(=O)C[C@H](O)[C@H](Cc1ccc([N+](=O)[O-])cc1)NC(=O)OC(C)(C)C)C(=O)OCc1ccccc1. The van der Waals surface area contributed by atoms with Crippen molar-refractivity contribution < 1.29 is 33.9 Å². The number of aliphatic hydroxyl groups is 1. The van der Waals surface area contributed by atoms with Gasteiger partial charge in [-0.15, -0.1) is 0 Å². The van der Waals surface area contributed by atoms with Crippen LogP contribution in [0.1, 0.15) is 58.6 Å². The number of nitrogens with zero attached hydrogens (tertiary/aromatic N) is 1. The van der Waals surface area contributed by atoms with Crippen LogP contribution in [0, 0.1) is 16.0 Å². The van der Waals surface area contributed by atoms with Crippen LogP contribution in [-0.4, -0.2) is 51.8 Å². The molecule has 0 aliphatic heterocycles. The highest BCUT2D eigenvalue weighted by molar-refractivity contribution is 5.84. The van der Waals surface area contributed by atoms with Gasteiger partial charge in [-0.25, -0.2) is 9.59 Å². The van der Waals surface area contributed by atoms with Crippen LogP contribution in [0.25, 0.3) is 0 Å². The number of non-ortho nitro benzene ring substituents is 1. The molecule has 0 bridgehead atoms. The Morgan fingerprint density at radius 1 is 0.975 bits per heavy atom. The predicted octanol–water partition coefficient (Wildman–Crippen LogP) is 4.06. The van der Waals surface area contributed by atoms with Gasteiger partial charge >= 0.3 is 12.1 Å². The molecule has 2 rings (SSSR count). The van der Waals surface area contributed by atoms with E-state index in [9.17, 15) is 29.6 Å². The number of nitro benzene ring substituents is 1. The molecule has 218 valence electrons. The molecule has 2 aromatic rings. The fraction of sp³-hybridized carbons (Fsp3) is 0.483. The smallest absolute Gasteiger partial charge is 0.407 e. The van der Waals surface area contributed by atoms with Crippen molar-refractivity contribution >= 4 is 23.7 Å². The summed E-state index contributed by atoms with van der Waals surface area (Å²) in [6, 6.07) is 12.9. The lowest BCUT2D eigenvalue weighted by Gasteiger charge is -2.27. The first-order chi connectivity index (χ1) is 18.7. The fourth-order valence-corrected chi connectivity index (χ4v) is 3.85. The number of rotatable bonds is 13. The van der Waals surface area contributed by atoms with Crippen LogP contribution >= 0.6 is 0 Å². The van der Waals surface area contributed by atoms with Crippen LogP contribution in [0.3, 0.4) is 0 Å². The zero-order chi connectivity index (χ0) is 29.9. The molecule has 40 heavy (non-hydrogen) atoms. The van der Waals surface area contributed by atoms with Gasteiger partial charge in [-0.1, -0.05) is 56.3 Å².